The van der Waals surface area contributed by atoms with Gasteiger partial charge in [0.2, 0.25) is 0 Å². The summed E-state index contributed by atoms with van der Waals surface area (Å²) in [4.78, 5) is 41.1. The zero-order valence-electron chi connectivity index (χ0n) is 18.9. The van der Waals surface area contributed by atoms with E-state index in [4.69, 9.17) is 0 Å². The fourth-order valence-electron chi connectivity index (χ4n) is 4.57. The Kier molecular flexibility index (Phi) is 7.24. The van der Waals surface area contributed by atoms with Crippen LogP contribution >= 0.6 is 0 Å². The number of amides is 2. The Labute approximate surface area is 193 Å². The molecule has 2 N–H and O–H groups in total. The molecule has 1 saturated heterocycles. The third-order valence-electron chi connectivity index (χ3n) is 6.51. The number of nitrogens with zero attached hydrogens (tertiary/aromatic N) is 2. The molecule has 1 heterocycles. The summed E-state index contributed by atoms with van der Waals surface area (Å²) in [7, 11) is 1.29. The molecule has 8 heteroatoms. The van der Waals surface area contributed by atoms with E-state index in [1.165, 1.54) is 57.1 Å². The Morgan fingerprint density at radius 2 is 1.24 bits per heavy atom. The molecule has 2 aromatic rings. The van der Waals surface area contributed by atoms with Crippen molar-refractivity contribution < 1.29 is 19.1 Å². The van der Waals surface area contributed by atoms with E-state index >= 15 is 0 Å². The van der Waals surface area contributed by atoms with Crippen molar-refractivity contribution in [1.82, 2.24) is 15.8 Å². The monoisotopic (exact) mass is 450 g/mol. The van der Waals surface area contributed by atoms with Gasteiger partial charge in [-0.2, -0.15) is 0 Å². The van der Waals surface area contributed by atoms with Gasteiger partial charge in [0.1, 0.15) is 0 Å². The van der Waals surface area contributed by atoms with E-state index in [9.17, 15) is 14.4 Å². The predicted molar refractivity (Wildman–Crippen MR) is 125 cm³/mol. The molecule has 2 fully saturated rings. The normalized spacial score (nSPS) is 16.9. The number of nitrogens with one attached hydrogen (secondary N) is 2. The lowest BCUT2D eigenvalue weighted by atomic mass is 10.1. The quantitative estimate of drug-likeness (QED) is 0.538. The molecule has 0 unspecified atom stereocenters. The van der Waals surface area contributed by atoms with Gasteiger partial charge in [-0.3, -0.25) is 25.3 Å². The zero-order valence-corrected chi connectivity index (χ0v) is 18.9. The van der Waals surface area contributed by atoms with E-state index in [0.717, 1.165) is 37.9 Å². The molecule has 4 rings (SSSR count). The number of piperazine rings is 1. The second-order valence-corrected chi connectivity index (χ2v) is 8.49. The minimum atomic E-state index is -0.477. The van der Waals surface area contributed by atoms with Crippen LogP contribution in [0.3, 0.4) is 0 Å². The van der Waals surface area contributed by atoms with Gasteiger partial charge in [0.05, 0.1) is 12.7 Å². The molecule has 0 bridgehead atoms. The van der Waals surface area contributed by atoms with Crippen LogP contribution in [-0.4, -0.2) is 62.0 Å². The lowest BCUT2D eigenvalue weighted by Gasteiger charge is -2.39. The first-order valence-electron chi connectivity index (χ1n) is 11.4. The fourth-order valence-corrected chi connectivity index (χ4v) is 4.57. The Hall–Kier alpha value is -3.39. The predicted octanol–water partition coefficient (Wildman–Crippen LogP) is 2.61. The molecule has 2 amide bonds. The number of hydrogen-bond acceptors (Lipinski definition) is 6. The van der Waals surface area contributed by atoms with Gasteiger partial charge in [-0.25, -0.2) is 4.79 Å². The number of ether oxygens (including phenoxy) is 1. The van der Waals surface area contributed by atoms with Crippen molar-refractivity contribution >= 4 is 23.5 Å². The van der Waals surface area contributed by atoms with E-state index in [1.807, 2.05) is 12.1 Å². The summed E-state index contributed by atoms with van der Waals surface area (Å²) in [5.41, 5.74) is 7.06. The highest BCUT2D eigenvalue weighted by Crippen LogP contribution is 2.25. The maximum atomic E-state index is 12.4. The maximum Gasteiger partial charge on any atom is 0.337 e. The number of hydrogen-bond donors (Lipinski definition) is 2. The van der Waals surface area contributed by atoms with Crippen LogP contribution in [0, 0.1) is 0 Å². The van der Waals surface area contributed by atoms with E-state index < -0.39 is 17.8 Å². The summed E-state index contributed by atoms with van der Waals surface area (Å²) in [5.74, 6) is -1.35. The minimum absolute atomic E-state index is 0.315. The summed E-state index contributed by atoms with van der Waals surface area (Å²) < 4.78 is 4.64. The molecule has 8 nitrogen and oxygen atoms in total. The molecule has 0 aromatic heterocycles. The van der Waals surface area contributed by atoms with Crippen molar-refractivity contribution in [2.24, 2.45) is 0 Å². The lowest BCUT2D eigenvalue weighted by molar-refractivity contribution is 0.0600. The van der Waals surface area contributed by atoms with Gasteiger partial charge in [-0.15, -0.1) is 0 Å². The van der Waals surface area contributed by atoms with Crippen LogP contribution in [0.4, 0.5) is 5.69 Å². The standard InChI is InChI=1S/C25H30N4O4/c1-33-25(32)20-8-6-18(7-9-20)23(30)26-27-24(31)19-10-12-22(13-11-19)29-16-14-28(15-17-29)21-4-2-3-5-21/h6-13,21H,2-5,14-17H2,1H3,(H,26,30)(H,27,31). The highest BCUT2D eigenvalue weighted by atomic mass is 16.5. The molecule has 174 valence electrons. The van der Waals surface area contributed by atoms with Crippen molar-refractivity contribution in [3.05, 3.63) is 65.2 Å². The second kappa shape index (κ2) is 10.5. The summed E-state index contributed by atoms with van der Waals surface area (Å²) >= 11 is 0. The zero-order chi connectivity index (χ0) is 23.2. The minimum Gasteiger partial charge on any atom is -0.465 e. The van der Waals surface area contributed by atoms with Gasteiger partial charge in [-0.05, 0) is 61.4 Å². The third-order valence-corrected chi connectivity index (χ3v) is 6.51. The maximum absolute atomic E-state index is 12.4. The highest BCUT2D eigenvalue weighted by Gasteiger charge is 2.26. The average Bonchev–Trinajstić information content (AvgIpc) is 3.42. The molecule has 1 saturated carbocycles. The smallest absolute Gasteiger partial charge is 0.337 e. The van der Waals surface area contributed by atoms with E-state index in [1.54, 1.807) is 12.1 Å². The van der Waals surface area contributed by atoms with Crippen molar-refractivity contribution in [2.75, 3.05) is 38.2 Å². The van der Waals surface area contributed by atoms with Crippen LogP contribution in [0.2, 0.25) is 0 Å². The van der Waals surface area contributed by atoms with Crippen LogP contribution in [0.25, 0.3) is 0 Å². The third kappa shape index (κ3) is 5.51. The van der Waals surface area contributed by atoms with Crippen molar-refractivity contribution in [1.29, 1.82) is 0 Å². The molecule has 2 aliphatic rings. The summed E-state index contributed by atoms with van der Waals surface area (Å²) in [6.45, 7) is 4.15. The van der Waals surface area contributed by atoms with E-state index in [2.05, 4.69) is 25.4 Å². The number of rotatable bonds is 5. The largest absolute Gasteiger partial charge is 0.465 e. The molecular formula is C25H30N4O4. The van der Waals surface area contributed by atoms with Crippen LogP contribution in [0.5, 0.6) is 0 Å². The number of anilines is 1. The average molecular weight is 451 g/mol. The Bertz CT molecular complexity index is 976. The second-order valence-electron chi connectivity index (χ2n) is 8.49. The number of methoxy groups -OCH3 is 1. The number of carbonyl (C=O) groups excluding carboxylic acids is 3. The highest BCUT2D eigenvalue weighted by molar-refractivity contribution is 5.99. The Morgan fingerprint density at radius 1 is 0.758 bits per heavy atom. The van der Waals surface area contributed by atoms with Gasteiger partial charge in [0.25, 0.3) is 11.8 Å². The lowest BCUT2D eigenvalue weighted by Crippen LogP contribution is -2.49. The summed E-state index contributed by atoms with van der Waals surface area (Å²) in [6, 6.07) is 14.2. The van der Waals surface area contributed by atoms with Crippen LogP contribution < -0.4 is 15.8 Å². The molecule has 2 aromatic carbocycles. The summed E-state index contributed by atoms with van der Waals surface area (Å²) in [5, 5.41) is 0. The van der Waals surface area contributed by atoms with Crippen LogP contribution in [0.1, 0.15) is 56.8 Å². The molecule has 0 radical (unpaired) electrons. The number of carbonyl (C=O) groups is 3. The van der Waals surface area contributed by atoms with Gasteiger partial charge >= 0.3 is 5.97 Å². The molecule has 0 spiro atoms. The topological polar surface area (TPSA) is 91.0 Å². The van der Waals surface area contributed by atoms with Gasteiger partial charge in [0.15, 0.2) is 0 Å². The Morgan fingerprint density at radius 3 is 1.76 bits per heavy atom. The van der Waals surface area contributed by atoms with Crippen molar-refractivity contribution in [2.45, 2.75) is 31.7 Å². The van der Waals surface area contributed by atoms with Crippen LogP contribution in [-0.2, 0) is 4.74 Å². The molecular weight excluding hydrogens is 420 g/mol. The number of esters is 1. The SMILES string of the molecule is COC(=O)c1ccc(C(=O)NNC(=O)c2ccc(N3CCN(C4CCCC4)CC3)cc2)cc1. The van der Waals surface area contributed by atoms with Gasteiger partial charge in [0, 0.05) is 49.0 Å². The van der Waals surface area contributed by atoms with E-state index in [-0.39, 0.29) is 0 Å². The first-order valence-corrected chi connectivity index (χ1v) is 11.4. The molecule has 33 heavy (non-hydrogen) atoms. The summed E-state index contributed by atoms with van der Waals surface area (Å²) in [6.07, 6.45) is 5.38. The molecule has 1 aliphatic carbocycles. The van der Waals surface area contributed by atoms with Gasteiger partial charge < -0.3 is 9.64 Å². The van der Waals surface area contributed by atoms with Crippen LogP contribution in [0.15, 0.2) is 48.5 Å². The first kappa shape index (κ1) is 22.8. The first-order chi connectivity index (χ1) is 16.0. The molecule has 0 atom stereocenters. The van der Waals surface area contributed by atoms with Crippen molar-refractivity contribution in [3.63, 3.8) is 0 Å². The fraction of sp³-hybridized carbons (Fsp3) is 0.400. The molecule has 1 aliphatic heterocycles. The van der Waals surface area contributed by atoms with Gasteiger partial charge in [-0.1, -0.05) is 12.8 Å². The number of hydrazine groups is 1. The van der Waals surface area contributed by atoms with E-state index in [0.29, 0.717) is 16.7 Å². The Balaban J connectivity index is 1.26. The van der Waals surface area contributed by atoms with Crippen molar-refractivity contribution in [3.8, 4) is 0 Å². The number of benzene rings is 2.